The van der Waals surface area contributed by atoms with Gasteiger partial charge in [0.2, 0.25) is 0 Å². The Morgan fingerprint density at radius 2 is 2.05 bits per heavy atom. The predicted octanol–water partition coefficient (Wildman–Crippen LogP) is 2.39. The highest BCUT2D eigenvalue weighted by molar-refractivity contribution is 7.99. The van der Waals surface area contributed by atoms with Crippen LogP contribution in [0.1, 0.15) is 11.3 Å². The van der Waals surface area contributed by atoms with E-state index in [2.05, 4.69) is 11.9 Å². The van der Waals surface area contributed by atoms with E-state index in [-0.39, 0.29) is 6.61 Å². The first-order chi connectivity index (χ1) is 9.20. The summed E-state index contributed by atoms with van der Waals surface area (Å²) < 4.78 is 7.55. The van der Waals surface area contributed by atoms with Crippen LogP contribution in [-0.4, -0.2) is 27.0 Å². The van der Waals surface area contributed by atoms with E-state index in [0.717, 1.165) is 22.4 Å². The molecule has 0 bridgehead atoms. The molecule has 0 spiro atoms. The van der Waals surface area contributed by atoms with Crippen molar-refractivity contribution in [2.24, 2.45) is 7.05 Å². The van der Waals surface area contributed by atoms with E-state index >= 15 is 0 Å². The summed E-state index contributed by atoms with van der Waals surface area (Å²) in [5.41, 5.74) is 2.05. The Bertz CT molecular complexity index is 523. The predicted molar refractivity (Wildman–Crippen MR) is 76.5 cm³/mol. The van der Waals surface area contributed by atoms with E-state index in [1.807, 2.05) is 35.9 Å². The Balaban J connectivity index is 1.77. The zero-order chi connectivity index (χ0) is 13.7. The summed E-state index contributed by atoms with van der Waals surface area (Å²) in [6.07, 6.45) is 1.70. The summed E-state index contributed by atoms with van der Waals surface area (Å²) >= 11 is 1.62. The minimum absolute atomic E-state index is 0.0178. The van der Waals surface area contributed by atoms with Gasteiger partial charge in [-0.1, -0.05) is 29.5 Å². The monoisotopic (exact) mass is 278 g/mol. The van der Waals surface area contributed by atoms with Crippen LogP contribution in [0.3, 0.4) is 0 Å². The van der Waals surface area contributed by atoms with Crippen LogP contribution in [0.4, 0.5) is 0 Å². The molecule has 4 nitrogen and oxygen atoms in total. The quantitative estimate of drug-likeness (QED) is 0.651. The minimum atomic E-state index is 0.0178. The van der Waals surface area contributed by atoms with E-state index in [9.17, 15) is 0 Å². The molecule has 5 heteroatoms. The van der Waals surface area contributed by atoms with Gasteiger partial charge < -0.3 is 14.4 Å². The molecule has 0 aliphatic rings. The van der Waals surface area contributed by atoms with Crippen molar-refractivity contribution in [2.75, 3.05) is 12.4 Å². The third-order valence-electron chi connectivity index (χ3n) is 2.81. The van der Waals surface area contributed by atoms with E-state index < -0.39 is 0 Å². The zero-order valence-electron chi connectivity index (χ0n) is 11.2. The number of rotatable bonds is 6. The molecular weight excluding hydrogens is 260 g/mol. The van der Waals surface area contributed by atoms with Gasteiger partial charge in [0.1, 0.15) is 5.75 Å². The Kier molecular flexibility index (Phi) is 4.87. The average molecular weight is 278 g/mol. The van der Waals surface area contributed by atoms with Crippen molar-refractivity contribution in [3.05, 3.63) is 41.7 Å². The van der Waals surface area contributed by atoms with E-state index in [1.54, 1.807) is 18.0 Å². The van der Waals surface area contributed by atoms with Crippen LogP contribution in [0.2, 0.25) is 0 Å². The molecule has 1 aromatic heterocycles. The Morgan fingerprint density at radius 1 is 1.32 bits per heavy atom. The van der Waals surface area contributed by atoms with Gasteiger partial charge in [-0.2, -0.15) is 0 Å². The van der Waals surface area contributed by atoms with Crippen molar-refractivity contribution in [3.8, 4) is 5.75 Å². The van der Waals surface area contributed by atoms with Gasteiger partial charge in [0, 0.05) is 12.8 Å². The highest BCUT2D eigenvalue weighted by Gasteiger charge is 2.05. The van der Waals surface area contributed by atoms with Crippen molar-refractivity contribution in [1.29, 1.82) is 0 Å². The van der Waals surface area contributed by atoms with E-state index in [4.69, 9.17) is 9.84 Å². The largest absolute Gasteiger partial charge is 0.493 e. The number of aliphatic hydroxyl groups excluding tert-OH is 1. The Labute approximate surface area is 117 Å². The molecule has 0 amide bonds. The number of nitrogens with zero attached hydrogens (tertiary/aromatic N) is 2. The molecule has 0 radical (unpaired) electrons. The van der Waals surface area contributed by atoms with Gasteiger partial charge in [-0.3, -0.25) is 0 Å². The molecule has 0 saturated heterocycles. The van der Waals surface area contributed by atoms with Gasteiger partial charge >= 0.3 is 0 Å². The lowest BCUT2D eigenvalue weighted by molar-refractivity contribution is 0.271. The summed E-state index contributed by atoms with van der Waals surface area (Å²) in [6, 6.07) is 8.03. The number of imidazole rings is 1. The second-order valence-electron chi connectivity index (χ2n) is 4.26. The van der Waals surface area contributed by atoms with E-state index in [1.165, 1.54) is 5.56 Å². The van der Waals surface area contributed by atoms with Crippen LogP contribution in [0.15, 0.2) is 35.6 Å². The number of benzene rings is 1. The lowest BCUT2D eigenvalue weighted by Crippen LogP contribution is -2.02. The number of aryl methyl sites for hydroxylation is 1. The lowest BCUT2D eigenvalue weighted by atomic mass is 10.2. The molecule has 1 N–H and O–H groups in total. The summed E-state index contributed by atoms with van der Waals surface area (Å²) in [5, 5.41) is 9.98. The third-order valence-corrected chi connectivity index (χ3v) is 3.82. The van der Waals surface area contributed by atoms with Crippen molar-refractivity contribution in [2.45, 2.75) is 18.7 Å². The van der Waals surface area contributed by atoms with Gasteiger partial charge in [-0.05, 0) is 19.1 Å². The maximum absolute atomic E-state index is 9.08. The van der Waals surface area contributed by atoms with Gasteiger partial charge in [0.15, 0.2) is 5.16 Å². The topological polar surface area (TPSA) is 47.3 Å². The van der Waals surface area contributed by atoms with E-state index in [0.29, 0.717) is 6.61 Å². The molecule has 0 fully saturated rings. The highest BCUT2D eigenvalue weighted by Crippen LogP contribution is 2.18. The molecule has 0 atom stereocenters. The van der Waals surface area contributed by atoms with Crippen LogP contribution in [-0.2, 0) is 13.7 Å². The van der Waals surface area contributed by atoms with Crippen LogP contribution in [0, 0.1) is 6.92 Å². The first-order valence-corrected chi connectivity index (χ1v) is 7.13. The first-order valence-electron chi connectivity index (χ1n) is 6.14. The summed E-state index contributed by atoms with van der Waals surface area (Å²) in [6.45, 7) is 2.71. The number of thioether (sulfide) groups is 1. The molecule has 102 valence electrons. The molecule has 0 aliphatic heterocycles. The molecular formula is C14H18N2O2S. The molecule has 1 aromatic carbocycles. The maximum atomic E-state index is 9.08. The molecule has 2 rings (SSSR count). The molecule has 0 saturated carbocycles. The fourth-order valence-electron chi connectivity index (χ4n) is 1.63. The number of aromatic nitrogens is 2. The van der Waals surface area contributed by atoms with Gasteiger partial charge in [-0.25, -0.2) is 4.98 Å². The number of hydrogen-bond acceptors (Lipinski definition) is 4. The van der Waals surface area contributed by atoms with Crippen LogP contribution >= 0.6 is 11.8 Å². The highest BCUT2D eigenvalue weighted by atomic mass is 32.2. The fourth-order valence-corrected chi connectivity index (χ4v) is 2.42. The zero-order valence-corrected chi connectivity index (χ0v) is 12.0. The molecule has 0 unspecified atom stereocenters. The average Bonchev–Trinajstić information content (AvgIpc) is 2.77. The molecule has 2 aromatic rings. The summed E-state index contributed by atoms with van der Waals surface area (Å²) in [4.78, 5) is 4.25. The second-order valence-corrected chi connectivity index (χ2v) is 5.32. The molecule has 19 heavy (non-hydrogen) atoms. The summed E-state index contributed by atoms with van der Waals surface area (Å²) in [7, 11) is 1.90. The first kappa shape index (κ1) is 14.0. The lowest BCUT2D eigenvalue weighted by Gasteiger charge is -2.06. The van der Waals surface area contributed by atoms with Crippen molar-refractivity contribution < 1.29 is 9.84 Å². The molecule has 1 heterocycles. The van der Waals surface area contributed by atoms with Crippen LogP contribution in [0.25, 0.3) is 0 Å². The number of ether oxygens (including phenoxy) is 1. The van der Waals surface area contributed by atoms with Crippen molar-refractivity contribution >= 4 is 11.8 Å². The standard InChI is InChI=1S/C14H18N2O2S/c1-11-3-5-13(6-4-11)18-7-8-19-14-15-9-12(10-17)16(14)2/h3-6,9,17H,7-8,10H2,1-2H3. The SMILES string of the molecule is Cc1ccc(OCCSc2ncc(CO)n2C)cc1. The van der Waals surface area contributed by atoms with Crippen LogP contribution < -0.4 is 4.74 Å². The number of aliphatic hydroxyl groups is 1. The van der Waals surface area contributed by atoms with Gasteiger partial charge in [0.25, 0.3) is 0 Å². The van der Waals surface area contributed by atoms with Crippen molar-refractivity contribution in [1.82, 2.24) is 9.55 Å². The number of hydrogen-bond donors (Lipinski definition) is 1. The third kappa shape index (κ3) is 3.75. The Morgan fingerprint density at radius 3 is 2.68 bits per heavy atom. The van der Waals surface area contributed by atoms with Crippen molar-refractivity contribution in [3.63, 3.8) is 0 Å². The molecule has 0 aliphatic carbocycles. The van der Waals surface area contributed by atoms with Gasteiger partial charge in [-0.15, -0.1) is 0 Å². The maximum Gasteiger partial charge on any atom is 0.168 e. The summed E-state index contributed by atoms with van der Waals surface area (Å²) in [5.74, 6) is 1.71. The van der Waals surface area contributed by atoms with Crippen LogP contribution in [0.5, 0.6) is 5.75 Å². The Hall–Kier alpha value is -1.46. The fraction of sp³-hybridized carbons (Fsp3) is 0.357. The van der Waals surface area contributed by atoms with Gasteiger partial charge in [0.05, 0.1) is 25.1 Å². The smallest absolute Gasteiger partial charge is 0.168 e. The second kappa shape index (κ2) is 6.63. The minimum Gasteiger partial charge on any atom is -0.493 e. The normalized spacial score (nSPS) is 10.7.